The molecule has 41 heavy (non-hydrogen) atoms. The Balaban J connectivity index is 1.53. The lowest BCUT2D eigenvalue weighted by Gasteiger charge is -2.26. The quantitative estimate of drug-likeness (QED) is 0.225. The Kier molecular flexibility index (Phi) is 10.9. The third-order valence-electron chi connectivity index (χ3n) is 8.18. The molecule has 0 radical (unpaired) electrons. The van der Waals surface area contributed by atoms with Gasteiger partial charge in [-0.05, 0) is 87.0 Å². The minimum atomic E-state index is -4.68. The van der Waals surface area contributed by atoms with E-state index in [0.717, 1.165) is 89.3 Å². The van der Waals surface area contributed by atoms with Crippen molar-refractivity contribution in [3.8, 4) is 0 Å². The van der Waals surface area contributed by atoms with Crippen molar-refractivity contribution < 1.29 is 18.0 Å². The van der Waals surface area contributed by atoms with E-state index in [2.05, 4.69) is 23.2 Å². The van der Waals surface area contributed by atoms with Crippen LogP contribution in [0.15, 0.2) is 58.6 Å². The number of unbranched alkanes of at least 4 members (excludes halogenated alkanes) is 4. The summed E-state index contributed by atoms with van der Waals surface area (Å²) in [7, 11) is 0. The number of nitrogens with two attached hydrogens (primary N) is 1. The van der Waals surface area contributed by atoms with Crippen LogP contribution in [0, 0.1) is 0 Å². The van der Waals surface area contributed by atoms with Gasteiger partial charge in [0.25, 0.3) is 0 Å². The molecule has 1 aromatic heterocycles. The molecule has 1 aliphatic heterocycles. The molecule has 1 aliphatic carbocycles. The second-order valence-electron chi connectivity index (χ2n) is 11.2. The monoisotopic (exact) mass is 569 g/mol. The highest BCUT2D eigenvalue weighted by Crippen LogP contribution is 2.39. The number of pyridine rings is 1. The number of nitrogens with zero attached hydrogens (tertiary/aromatic N) is 1. The minimum Gasteiger partial charge on any atom is -0.398 e. The smallest absolute Gasteiger partial charge is 0.398 e. The molecule has 0 spiro atoms. The third-order valence-corrected chi connectivity index (χ3v) is 8.18. The molecule has 1 fully saturated rings. The van der Waals surface area contributed by atoms with Crippen LogP contribution in [-0.4, -0.2) is 28.9 Å². The number of hydrogen-bond acceptors (Lipinski definition) is 3. The fraction of sp³-hybridized carbons (Fsp3) is 0.515. The van der Waals surface area contributed by atoms with Gasteiger partial charge in [-0.15, -0.1) is 0 Å². The maximum atomic E-state index is 14.2. The molecule has 0 bridgehead atoms. The van der Waals surface area contributed by atoms with Crippen molar-refractivity contribution in [2.24, 2.45) is 5.73 Å². The van der Waals surface area contributed by atoms with Gasteiger partial charge in [0, 0.05) is 42.2 Å². The summed E-state index contributed by atoms with van der Waals surface area (Å²) >= 11 is 0. The number of piperidine rings is 1. The van der Waals surface area contributed by atoms with Crippen LogP contribution < -0.4 is 11.3 Å². The van der Waals surface area contributed by atoms with Crippen LogP contribution in [0.4, 0.5) is 13.2 Å². The van der Waals surface area contributed by atoms with Crippen molar-refractivity contribution in [1.82, 2.24) is 9.88 Å². The number of nitrogens with one attached hydrogen (secondary N) is 1. The van der Waals surface area contributed by atoms with Crippen LogP contribution in [-0.2, 0) is 11.0 Å². The summed E-state index contributed by atoms with van der Waals surface area (Å²) in [6.45, 7) is 1.75. The first-order chi connectivity index (χ1) is 19.8. The number of carbonyl (C=O) groups is 1. The van der Waals surface area contributed by atoms with E-state index < -0.39 is 17.3 Å². The molecule has 1 saturated heterocycles. The second-order valence-corrected chi connectivity index (χ2v) is 11.2. The highest BCUT2D eigenvalue weighted by molar-refractivity contribution is 5.95. The first-order valence-electron chi connectivity index (χ1n) is 15.1. The fourth-order valence-corrected chi connectivity index (χ4v) is 5.99. The number of carbonyl (C=O) groups excluding carboxylic acids is 1. The highest BCUT2D eigenvalue weighted by Gasteiger charge is 2.34. The summed E-state index contributed by atoms with van der Waals surface area (Å²) < 4.78 is 42.5. The van der Waals surface area contributed by atoms with Crippen LogP contribution in [0.1, 0.15) is 101 Å². The number of aromatic nitrogens is 1. The van der Waals surface area contributed by atoms with E-state index in [1.807, 2.05) is 4.90 Å². The second kappa shape index (κ2) is 14.6. The Morgan fingerprint density at radius 3 is 2.44 bits per heavy atom. The fourth-order valence-electron chi connectivity index (χ4n) is 5.99. The summed E-state index contributed by atoms with van der Waals surface area (Å²) in [6.07, 6.45) is 13.9. The van der Waals surface area contributed by atoms with Gasteiger partial charge in [0.1, 0.15) is 0 Å². The SMILES string of the molecule is NC(=C(/CCCCCCCC(=O)N1CCCCC1)c1cccc2[nH]c(=O)cc(C(F)(F)F)c12)/C1=C/C/C=C\CCC1. The number of aromatic amines is 1. The average Bonchev–Trinajstić information content (AvgIpc) is 2.93. The van der Waals surface area contributed by atoms with Gasteiger partial charge < -0.3 is 15.6 Å². The Morgan fingerprint density at radius 2 is 1.68 bits per heavy atom. The zero-order valence-corrected chi connectivity index (χ0v) is 23.8. The number of allylic oxidation sites excluding steroid dienone is 5. The standard InChI is InChI=1S/C33H42F3N3O2/c34-33(35,36)27-23-29(40)38-28-19-14-18-25(31(27)28)26(32(37)24-15-8-3-1-4-9-16-24)17-10-5-2-6-11-20-30(41)39-21-12-7-13-22-39/h1,3,14-15,18-19,23H,2,4-13,16-17,20-22,37H2,(H,38,40)/b3-1-,24-15+,32-26-. The molecular formula is C33H42F3N3O2. The largest absolute Gasteiger partial charge is 0.417 e. The molecular weight excluding hydrogens is 527 g/mol. The molecule has 4 rings (SSSR count). The number of alkyl halides is 3. The molecule has 0 unspecified atom stereocenters. The number of amides is 1. The van der Waals surface area contributed by atoms with Gasteiger partial charge in [-0.25, -0.2) is 0 Å². The van der Waals surface area contributed by atoms with Crippen molar-refractivity contribution in [3.05, 3.63) is 75.2 Å². The summed E-state index contributed by atoms with van der Waals surface area (Å²) in [5.41, 5.74) is 7.85. The molecule has 2 aromatic rings. The topological polar surface area (TPSA) is 79.2 Å². The van der Waals surface area contributed by atoms with E-state index in [1.54, 1.807) is 12.1 Å². The van der Waals surface area contributed by atoms with Crippen LogP contribution in [0.5, 0.6) is 0 Å². The van der Waals surface area contributed by atoms with Crippen LogP contribution in [0.25, 0.3) is 16.5 Å². The van der Waals surface area contributed by atoms with Gasteiger partial charge in [-0.1, -0.05) is 49.6 Å². The molecule has 3 N–H and O–H groups in total. The lowest BCUT2D eigenvalue weighted by molar-refractivity contribution is -0.136. The number of hydrogen-bond donors (Lipinski definition) is 2. The Morgan fingerprint density at radius 1 is 0.951 bits per heavy atom. The van der Waals surface area contributed by atoms with E-state index >= 15 is 0 Å². The molecule has 1 aromatic carbocycles. The molecule has 5 nitrogen and oxygen atoms in total. The van der Waals surface area contributed by atoms with Crippen molar-refractivity contribution in [1.29, 1.82) is 0 Å². The first kappa shape index (κ1) is 30.7. The molecule has 222 valence electrons. The van der Waals surface area contributed by atoms with Gasteiger partial charge in [-0.2, -0.15) is 13.2 Å². The van der Waals surface area contributed by atoms with Crippen molar-refractivity contribution in [3.63, 3.8) is 0 Å². The number of fused-ring (bicyclic) bond motifs is 1. The maximum Gasteiger partial charge on any atom is 0.417 e. The van der Waals surface area contributed by atoms with E-state index in [4.69, 9.17) is 5.73 Å². The highest BCUT2D eigenvalue weighted by atomic mass is 19.4. The maximum absolute atomic E-state index is 14.2. The Labute approximate surface area is 240 Å². The Hall–Kier alpha value is -3.29. The molecule has 8 heteroatoms. The zero-order chi connectivity index (χ0) is 29.2. The Bertz CT molecular complexity index is 1350. The van der Waals surface area contributed by atoms with Gasteiger partial charge in [0.15, 0.2) is 0 Å². The lowest BCUT2D eigenvalue weighted by Crippen LogP contribution is -2.35. The lowest BCUT2D eigenvalue weighted by atomic mass is 9.88. The number of rotatable bonds is 10. The van der Waals surface area contributed by atoms with E-state index in [-0.39, 0.29) is 16.8 Å². The van der Waals surface area contributed by atoms with Gasteiger partial charge in [-0.3, -0.25) is 9.59 Å². The minimum absolute atomic E-state index is 0.0138. The summed E-state index contributed by atoms with van der Waals surface area (Å²) in [5, 5.41) is -0.0138. The predicted octanol–water partition coefficient (Wildman–Crippen LogP) is 8.02. The van der Waals surface area contributed by atoms with E-state index in [1.165, 1.54) is 12.5 Å². The van der Waals surface area contributed by atoms with Crippen molar-refractivity contribution in [2.45, 2.75) is 96.1 Å². The number of halogens is 3. The van der Waals surface area contributed by atoms with Crippen molar-refractivity contribution >= 4 is 22.4 Å². The van der Waals surface area contributed by atoms with Crippen LogP contribution >= 0.6 is 0 Å². The van der Waals surface area contributed by atoms with Crippen LogP contribution in [0.2, 0.25) is 0 Å². The normalized spacial score (nSPS) is 19.2. The zero-order valence-electron chi connectivity index (χ0n) is 23.8. The van der Waals surface area contributed by atoms with Gasteiger partial charge in [0.2, 0.25) is 11.5 Å². The summed E-state index contributed by atoms with van der Waals surface area (Å²) in [5.74, 6) is 0.250. The molecule has 0 saturated carbocycles. The predicted molar refractivity (Wildman–Crippen MR) is 159 cm³/mol. The molecule has 2 heterocycles. The average molecular weight is 570 g/mol. The number of benzene rings is 1. The van der Waals surface area contributed by atoms with E-state index in [0.29, 0.717) is 35.7 Å². The molecule has 0 atom stereocenters. The number of H-pyrrole nitrogens is 1. The number of likely N-dealkylation sites (tertiary alicyclic amines) is 1. The van der Waals surface area contributed by atoms with Crippen molar-refractivity contribution in [2.75, 3.05) is 13.1 Å². The third kappa shape index (κ3) is 8.37. The first-order valence-corrected chi connectivity index (χ1v) is 15.1. The van der Waals surface area contributed by atoms with Crippen LogP contribution in [0.3, 0.4) is 0 Å². The molecule has 1 amide bonds. The van der Waals surface area contributed by atoms with E-state index in [9.17, 15) is 22.8 Å². The summed E-state index contributed by atoms with van der Waals surface area (Å²) in [6, 6.07) is 5.52. The van der Waals surface area contributed by atoms with Gasteiger partial charge in [0.05, 0.1) is 5.56 Å². The van der Waals surface area contributed by atoms with Gasteiger partial charge >= 0.3 is 6.18 Å². The molecule has 2 aliphatic rings. The summed E-state index contributed by atoms with van der Waals surface area (Å²) in [4.78, 5) is 29.1.